The predicted octanol–water partition coefficient (Wildman–Crippen LogP) is 1.84. The molecule has 5 heteroatoms. The Labute approximate surface area is 134 Å². The van der Waals surface area contributed by atoms with Crippen molar-refractivity contribution in [3.05, 3.63) is 71.3 Å². The van der Waals surface area contributed by atoms with E-state index in [-0.39, 0.29) is 6.42 Å². The average molecular weight is 313 g/mol. The van der Waals surface area contributed by atoms with Crippen LogP contribution in [0.3, 0.4) is 0 Å². The van der Waals surface area contributed by atoms with E-state index in [1.165, 1.54) is 0 Å². The van der Waals surface area contributed by atoms with E-state index in [1.807, 2.05) is 31.2 Å². The Morgan fingerprint density at radius 1 is 1.04 bits per heavy atom. The van der Waals surface area contributed by atoms with E-state index in [2.05, 4.69) is 5.32 Å². The lowest BCUT2D eigenvalue weighted by atomic mass is 10.0. The van der Waals surface area contributed by atoms with E-state index in [0.717, 1.165) is 11.1 Å². The monoisotopic (exact) mass is 313 g/mol. The first-order chi connectivity index (χ1) is 11.0. The standard InChI is InChI=1S/C18H19NO4/c1-12-7-5-6-10-14(12)11-15(18(22)23)19-17(21)16(20)13-8-3-2-4-9-13/h2-10,15-16,20H,11H2,1H3,(H,19,21)(H,22,23)/t15-,16+/m1/s1. The van der Waals surface area contributed by atoms with Gasteiger partial charge in [0.1, 0.15) is 6.04 Å². The summed E-state index contributed by atoms with van der Waals surface area (Å²) in [5.41, 5.74) is 2.22. The summed E-state index contributed by atoms with van der Waals surface area (Å²) in [5, 5.41) is 21.8. The lowest BCUT2D eigenvalue weighted by Crippen LogP contribution is -2.44. The summed E-state index contributed by atoms with van der Waals surface area (Å²) in [5.74, 6) is -1.86. The van der Waals surface area contributed by atoms with Crippen molar-refractivity contribution < 1.29 is 19.8 Å². The first-order valence-electron chi connectivity index (χ1n) is 7.29. The number of benzene rings is 2. The zero-order chi connectivity index (χ0) is 16.8. The first kappa shape index (κ1) is 16.7. The summed E-state index contributed by atoms with van der Waals surface area (Å²) in [6, 6.07) is 14.7. The molecule has 2 aromatic rings. The van der Waals surface area contributed by atoms with Gasteiger partial charge in [0.25, 0.3) is 5.91 Å². The summed E-state index contributed by atoms with van der Waals surface area (Å²) in [7, 11) is 0. The zero-order valence-electron chi connectivity index (χ0n) is 12.8. The Hall–Kier alpha value is -2.66. The number of carboxylic acids is 1. The number of carbonyl (C=O) groups excluding carboxylic acids is 1. The van der Waals surface area contributed by atoms with Crippen molar-refractivity contribution in [2.45, 2.75) is 25.5 Å². The van der Waals surface area contributed by atoms with Crippen molar-refractivity contribution in [3.63, 3.8) is 0 Å². The minimum absolute atomic E-state index is 0.162. The van der Waals surface area contributed by atoms with E-state index in [1.54, 1.807) is 30.3 Å². The van der Waals surface area contributed by atoms with Crippen molar-refractivity contribution in [1.29, 1.82) is 0 Å². The molecule has 120 valence electrons. The van der Waals surface area contributed by atoms with Crippen molar-refractivity contribution in [2.75, 3.05) is 0 Å². The molecule has 0 fully saturated rings. The highest BCUT2D eigenvalue weighted by atomic mass is 16.4. The SMILES string of the molecule is Cc1ccccc1C[C@@H](NC(=O)[C@@H](O)c1ccccc1)C(=O)O. The molecule has 0 saturated heterocycles. The number of aryl methyl sites for hydroxylation is 1. The molecule has 2 atom stereocenters. The van der Waals surface area contributed by atoms with Crippen LogP contribution in [0.5, 0.6) is 0 Å². The molecular formula is C18H19NO4. The summed E-state index contributed by atoms with van der Waals surface area (Å²) < 4.78 is 0. The molecule has 0 aliphatic rings. The number of hydrogen-bond acceptors (Lipinski definition) is 3. The van der Waals surface area contributed by atoms with Crippen LogP contribution in [0.1, 0.15) is 22.8 Å². The van der Waals surface area contributed by atoms with Crippen molar-refractivity contribution in [2.24, 2.45) is 0 Å². The number of rotatable bonds is 6. The summed E-state index contributed by atoms with van der Waals surface area (Å²) in [6.45, 7) is 1.88. The number of hydrogen-bond donors (Lipinski definition) is 3. The molecule has 23 heavy (non-hydrogen) atoms. The molecule has 0 unspecified atom stereocenters. The molecule has 0 heterocycles. The average Bonchev–Trinajstić information content (AvgIpc) is 2.56. The molecule has 0 bridgehead atoms. The number of amides is 1. The van der Waals surface area contributed by atoms with Crippen molar-refractivity contribution in [3.8, 4) is 0 Å². The molecule has 0 aliphatic carbocycles. The van der Waals surface area contributed by atoms with Crippen LogP contribution in [-0.4, -0.2) is 28.1 Å². The highest BCUT2D eigenvalue weighted by molar-refractivity contribution is 5.87. The van der Waals surface area contributed by atoms with Crippen molar-refractivity contribution in [1.82, 2.24) is 5.32 Å². The normalized spacial score (nSPS) is 13.1. The number of aliphatic carboxylic acids is 1. The molecule has 5 nitrogen and oxygen atoms in total. The van der Waals surface area contributed by atoms with Gasteiger partial charge in [-0.1, -0.05) is 54.6 Å². The summed E-state index contributed by atoms with van der Waals surface area (Å²) in [4.78, 5) is 23.5. The van der Waals surface area contributed by atoms with Gasteiger partial charge in [0.05, 0.1) is 0 Å². The van der Waals surface area contributed by atoms with Crippen LogP contribution in [0.25, 0.3) is 0 Å². The van der Waals surface area contributed by atoms with Gasteiger partial charge in [0.2, 0.25) is 0 Å². The van der Waals surface area contributed by atoms with Crippen LogP contribution < -0.4 is 5.32 Å². The molecule has 2 rings (SSSR count). The van der Waals surface area contributed by atoms with Crippen molar-refractivity contribution >= 4 is 11.9 Å². The zero-order valence-corrected chi connectivity index (χ0v) is 12.8. The van der Waals surface area contributed by atoms with Gasteiger partial charge in [-0.05, 0) is 23.6 Å². The van der Waals surface area contributed by atoms with Gasteiger partial charge in [-0.2, -0.15) is 0 Å². The topological polar surface area (TPSA) is 86.6 Å². The lowest BCUT2D eigenvalue weighted by Gasteiger charge is -2.18. The van der Waals surface area contributed by atoms with E-state index in [9.17, 15) is 19.8 Å². The quantitative estimate of drug-likeness (QED) is 0.759. The van der Waals surface area contributed by atoms with Gasteiger partial charge in [0.15, 0.2) is 6.10 Å². The molecule has 2 aromatic carbocycles. The molecule has 0 saturated carbocycles. The third-order valence-corrected chi connectivity index (χ3v) is 3.66. The van der Waals surface area contributed by atoms with Crippen LogP contribution in [-0.2, 0) is 16.0 Å². The van der Waals surface area contributed by atoms with E-state index < -0.39 is 24.0 Å². The number of aliphatic hydroxyl groups excluding tert-OH is 1. The molecule has 0 spiro atoms. The number of carboxylic acid groups (broad SMARTS) is 1. The fourth-order valence-corrected chi connectivity index (χ4v) is 2.30. The second-order valence-corrected chi connectivity index (χ2v) is 5.34. The number of nitrogens with one attached hydrogen (secondary N) is 1. The maximum Gasteiger partial charge on any atom is 0.326 e. The van der Waals surface area contributed by atoms with Crippen LogP contribution in [0.15, 0.2) is 54.6 Å². The minimum Gasteiger partial charge on any atom is -0.480 e. The highest BCUT2D eigenvalue weighted by Crippen LogP contribution is 2.14. The second-order valence-electron chi connectivity index (χ2n) is 5.34. The van der Waals surface area contributed by atoms with E-state index >= 15 is 0 Å². The molecule has 0 aromatic heterocycles. The largest absolute Gasteiger partial charge is 0.480 e. The third-order valence-electron chi connectivity index (χ3n) is 3.66. The van der Waals surface area contributed by atoms with Gasteiger partial charge in [-0.25, -0.2) is 4.79 Å². The maximum absolute atomic E-state index is 12.1. The Morgan fingerprint density at radius 2 is 1.65 bits per heavy atom. The fourth-order valence-electron chi connectivity index (χ4n) is 2.30. The van der Waals surface area contributed by atoms with E-state index in [0.29, 0.717) is 5.56 Å². The fraction of sp³-hybridized carbons (Fsp3) is 0.222. The smallest absolute Gasteiger partial charge is 0.326 e. The number of aliphatic hydroxyl groups is 1. The Morgan fingerprint density at radius 3 is 2.26 bits per heavy atom. The van der Waals surface area contributed by atoms with Gasteiger partial charge < -0.3 is 15.5 Å². The molecule has 3 N–H and O–H groups in total. The van der Waals surface area contributed by atoms with Gasteiger partial charge in [0, 0.05) is 6.42 Å². The van der Waals surface area contributed by atoms with E-state index in [4.69, 9.17) is 0 Å². The molecule has 0 aliphatic heterocycles. The summed E-state index contributed by atoms with van der Waals surface area (Å²) >= 11 is 0. The molecular weight excluding hydrogens is 294 g/mol. The van der Waals surface area contributed by atoms with Crippen LogP contribution in [0.4, 0.5) is 0 Å². The Bertz CT molecular complexity index is 684. The Balaban J connectivity index is 2.09. The third kappa shape index (κ3) is 4.40. The molecule has 1 amide bonds. The Kier molecular flexibility index (Phi) is 5.49. The highest BCUT2D eigenvalue weighted by Gasteiger charge is 2.25. The summed E-state index contributed by atoms with van der Waals surface area (Å²) in [6.07, 6.45) is -1.23. The second kappa shape index (κ2) is 7.56. The van der Waals surface area contributed by atoms with Gasteiger partial charge >= 0.3 is 5.97 Å². The lowest BCUT2D eigenvalue weighted by molar-refractivity contribution is -0.143. The first-order valence-corrected chi connectivity index (χ1v) is 7.29. The predicted molar refractivity (Wildman–Crippen MR) is 85.9 cm³/mol. The number of carbonyl (C=O) groups is 2. The van der Waals surface area contributed by atoms with Gasteiger partial charge in [-0.3, -0.25) is 4.79 Å². The van der Waals surface area contributed by atoms with Crippen LogP contribution in [0.2, 0.25) is 0 Å². The van der Waals surface area contributed by atoms with Gasteiger partial charge in [-0.15, -0.1) is 0 Å². The minimum atomic E-state index is -1.39. The van der Waals surface area contributed by atoms with Crippen LogP contribution >= 0.6 is 0 Å². The molecule has 0 radical (unpaired) electrons. The maximum atomic E-state index is 12.1. The van der Waals surface area contributed by atoms with Crippen LogP contribution in [0, 0.1) is 6.92 Å².